The highest BCUT2D eigenvalue weighted by atomic mass is 32.2. The highest BCUT2D eigenvalue weighted by Crippen LogP contribution is 2.27. The van der Waals surface area contributed by atoms with Crippen LogP contribution in [-0.2, 0) is 10.0 Å². The minimum atomic E-state index is -4.03. The minimum absolute atomic E-state index is 0.0532. The van der Waals surface area contributed by atoms with Crippen LogP contribution in [0, 0.1) is 23.1 Å². The quantitative estimate of drug-likeness (QED) is 0.862. The first kappa shape index (κ1) is 15.9. The fourth-order valence-electron chi connectivity index (χ4n) is 2.57. The molecule has 5 nitrogen and oxygen atoms in total. The maximum Gasteiger partial charge on any atom is 0.243 e. The van der Waals surface area contributed by atoms with Gasteiger partial charge < -0.3 is 5.11 Å². The molecule has 0 spiro atoms. The van der Waals surface area contributed by atoms with Crippen LogP contribution in [0.4, 0.5) is 4.39 Å². The third kappa shape index (κ3) is 3.79. The Morgan fingerprint density at radius 2 is 2.10 bits per heavy atom. The van der Waals surface area contributed by atoms with E-state index in [0.717, 1.165) is 37.8 Å². The summed E-state index contributed by atoms with van der Waals surface area (Å²) in [5.74, 6) is -0.879. The van der Waals surface area contributed by atoms with E-state index >= 15 is 0 Å². The molecule has 0 saturated heterocycles. The van der Waals surface area contributed by atoms with E-state index in [4.69, 9.17) is 5.26 Å². The van der Waals surface area contributed by atoms with Crippen molar-refractivity contribution < 1.29 is 17.9 Å². The van der Waals surface area contributed by atoms with Crippen molar-refractivity contribution in [1.82, 2.24) is 4.72 Å². The molecule has 0 bridgehead atoms. The fourth-order valence-corrected chi connectivity index (χ4v) is 3.68. The Morgan fingerprint density at radius 3 is 2.67 bits per heavy atom. The average molecular weight is 312 g/mol. The Labute approximate surface area is 123 Å². The van der Waals surface area contributed by atoms with Crippen molar-refractivity contribution in [3.05, 3.63) is 29.6 Å². The molecule has 114 valence electrons. The van der Waals surface area contributed by atoms with Gasteiger partial charge >= 0.3 is 0 Å². The molecule has 7 heteroatoms. The van der Waals surface area contributed by atoms with Crippen LogP contribution in [0.5, 0.6) is 0 Å². The van der Waals surface area contributed by atoms with Crippen molar-refractivity contribution in [3.8, 4) is 6.07 Å². The van der Waals surface area contributed by atoms with E-state index in [2.05, 4.69) is 4.72 Å². The number of benzene rings is 1. The Kier molecular flexibility index (Phi) is 4.93. The van der Waals surface area contributed by atoms with Gasteiger partial charge in [-0.15, -0.1) is 0 Å². The van der Waals surface area contributed by atoms with Gasteiger partial charge in [-0.1, -0.05) is 12.8 Å². The topological polar surface area (TPSA) is 90.2 Å². The molecular weight excluding hydrogens is 295 g/mol. The maximum absolute atomic E-state index is 13.7. The van der Waals surface area contributed by atoms with E-state index in [1.807, 2.05) is 0 Å². The summed E-state index contributed by atoms with van der Waals surface area (Å²) in [4.78, 5) is -0.514. The molecule has 1 unspecified atom stereocenters. The molecule has 1 aliphatic carbocycles. The van der Waals surface area contributed by atoms with Gasteiger partial charge in [-0.3, -0.25) is 0 Å². The molecule has 1 saturated carbocycles. The minimum Gasteiger partial charge on any atom is -0.391 e. The van der Waals surface area contributed by atoms with Gasteiger partial charge in [0.15, 0.2) is 0 Å². The van der Waals surface area contributed by atoms with Gasteiger partial charge in [-0.25, -0.2) is 17.5 Å². The predicted octanol–water partition coefficient (Wildman–Crippen LogP) is 1.53. The van der Waals surface area contributed by atoms with Gasteiger partial charge in [-0.05, 0) is 37.0 Å². The highest BCUT2D eigenvalue weighted by molar-refractivity contribution is 7.89. The van der Waals surface area contributed by atoms with Gasteiger partial charge in [0.1, 0.15) is 10.7 Å². The second-order valence-corrected chi connectivity index (χ2v) is 6.96. The van der Waals surface area contributed by atoms with Crippen LogP contribution in [0.15, 0.2) is 23.1 Å². The van der Waals surface area contributed by atoms with Gasteiger partial charge in [0.25, 0.3) is 0 Å². The summed E-state index contributed by atoms with van der Waals surface area (Å²) in [5, 5.41) is 18.6. The van der Waals surface area contributed by atoms with Crippen molar-refractivity contribution >= 4 is 10.0 Å². The van der Waals surface area contributed by atoms with Crippen molar-refractivity contribution in [1.29, 1.82) is 5.26 Å². The van der Waals surface area contributed by atoms with Crippen LogP contribution in [0.1, 0.15) is 31.2 Å². The molecular formula is C14H17FN2O3S. The lowest BCUT2D eigenvalue weighted by atomic mass is 10.0. The van der Waals surface area contributed by atoms with Gasteiger partial charge in [-0.2, -0.15) is 5.26 Å². The number of hydrogen-bond acceptors (Lipinski definition) is 4. The monoisotopic (exact) mass is 312 g/mol. The molecule has 0 aromatic heterocycles. The van der Waals surface area contributed by atoms with Crippen molar-refractivity contribution in [2.24, 2.45) is 5.92 Å². The first-order valence-electron chi connectivity index (χ1n) is 6.81. The van der Waals surface area contributed by atoms with Crippen molar-refractivity contribution in [2.45, 2.75) is 36.7 Å². The number of rotatable bonds is 5. The Balaban J connectivity index is 2.06. The lowest BCUT2D eigenvalue weighted by Gasteiger charge is -2.18. The third-order valence-corrected chi connectivity index (χ3v) is 5.23. The van der Waals surface area contributed by atoms with Crippen molar-refractivity contribution in [3.63, 3.8) is 0 Å². The van der Waals surface area contributed by atoms with Gasteiger partial charge in [0.2, 0.25) is 10.0 Å². The number of nitrogens with zero attached hydrogens (tertiary/aromatic N) is 1. The molecule has 21 heavy (non-hydrogen) atoms. The summed E-state index contributed by atoms with van der Waals surface area (Å²) < 4.78 is 40.0. The van der Waals surface area contributed by atoms with E-state index < -0.39 is 26.8 Å². The molecule has 1 fully saturated rings. The van der Waals surface area contributed by atoms with Gasteiger partial charge in [0.05, 0.1) is 17.7 Å². The molecule has 0 amide bonds. The molecule has 1 atom stereocenters. The summed E-state index contributed by atoms with van der Waals surface area (Å²) >= 11 is 0. The van der Waals surface area contributed by atoms with E-state index in [1.54, 1.807) is 6.07 Å². The molecule has 1 aromatic rings. The lowest BCUT2D eigenvalue weighted by molar-refractivity contribution is 0.115. The van der Waals surface area contributed by atoms with Crippen LogP contribution in [0.3, 0.4) is 0 Å². The number of aliphatic hydroxyl groups is 1. The summed E-state index contributed by atoms with van der Waals surface area (Å²) in [6, 6.07) is 4.91. The van der Waals surface area contributed by atoms with Crippen LogP contribution in [0.25, 0.3) is 0 Å². The van der Waals surface area contributed by atoms with E-state index in [0.29, 0.717) is 0 Å². The number of aliphatic hydroxyl groups excluding tert-OH is 1. The molecule has 0 heterocycles. The van der Waals surface area contributed by atoms with E-state index in [9.17, 15) is 17.9 Å². The first-order chi connectivity index (χ1) is 9.94. The Bertz CT molecular complexity index is 649. The predicted molar refractivity (Wildman–Crippen MR) is 74.3 cm³/mol. The molecule has 2 rings (SSSR count). The summed E-state index contributed by atoms with van der Waals surface area (Å²) in [5.41, 5.74) is 0.0532. The number of sulfonamides is 1. The summed E-state index contributed by atoms with van der Waals surface area (Å²) in [7, 11) is -4.03. The Hall–Kier alpha value is -1.49. The zero-order valence-corrected chi connectivity index (χ0v) is 12.2. The number of halogens is 1. The highest BCUT2D eigenvalue weighted by Gasteiger charge is 2.26. The second-order valence-electron chi connectivity index (χ2n) is 5.22. The standard InChI is InChI=1S/C14H17FN2O3S/c15-12-7-10(8-16)5-6-14(12)21(19,20)17-9-13(18)11-3-1-2-4-11/h5-7,11,13,17-18H,1-4,9H2. The first-order valence-corrected chi connectivity index (χ1v) is 8.30. The molecule has 0 radical (unpaired) electrons. The molecule has 0 aliphatic heterocycles. The zero-order valence-electron chi connectivity index (χ0n) is 11.4. The van der Waals surface area contributed by atoms with Crippen LogP contribution in [0.2, 0.25) is 0 Å². The second kappa shape index (κ2) is 6.52. The lowest BCUT2D eigenvalue weighted by Crippen LogP contribution is -2.35. The number of nitriles is 1. The SMILES string of the molecule is N#Cc1ccc(S(=O)(=O)NCC(O)C2CCCC2)c(F)c1. The molecule has 2 N–H and O–H groups in total. The van der Waals surface area contributed by atoms with Crippen molar-refractivity contribution in [2.75, 3.05) is 6.54 Å². The zero-order chi connectivity index (χ0) is 15.5. The smallest absolute Gasteiger partial charge is 0.243 e. The molecule has 1 aliphatic rings. The summed E-state index contributed by atoms with van der Waals surface area (Å²) in [6.45, 7) is -0.132. The summed E-state index contributed by atoms with van der Waals surface area (Å²) in [6.07, 6.45) is 3.09. The van der Waals surface area contributed by atoms with E-state index in [-0.39, 0.29) is 18.0 Å². The average Bonchev–Trinajstić information content (AvgIpc) is 2.98. The largest absolute Gasteiger partial charge is 0.391 e. The maximum atomic E-state index is 13.7. The Morgan fingerprint density at radius 1 is 1.43 bits per heavy atom. The van der Waals surface area contributed by atoms with Crippen LogP contribution >= 0.6 is 0 Å². The number of nitrogens with one attached hydrogen (secondary N) is 1. The third-order valence-electron chi connectivity index (χ3n) is 3.78. The van der Waals surface area contributed by atoms with Crippen LogP contribution in [-0.4, -0.2) is 26.2 Å². The van der Waals surface area contributed by atoms with Gasteiger partial charge in [0, 0.05) is 6.54 Å². The molecule has 1 aromatic carbocycles. The fraction of sp³-hybridized carbons (Fsp3) is 0.500. The normalized spacial score (nSPS) is 17.6. The van der Waals surface area contributed by atoms with E-state index in [1.165, 1.54) is 6.07 Å². The van der Waals surface area contributed by atoms with Crippen LogP contribution < -0.4 is 4.72 Å². The number of hydrogen-bond donors (Lipinski definition) is 2.